The molecule has 0 unspecified atom stereocenters. The monoisotopic (exact) mass is 430 g/mol. The van der Waals surface area contributed by atoms with Gasteiger partial charge in [-0.1, -0.05) is 30.0 Å². The summed E-state index contributed by atoms with van der Waals surface area (Å²) in [6, 6.07) is 13.2. The molecule has 0 atom stereocenters. The SMILES string of the molecule is CCOC(=O)c1ccc(NC(=O)Cc2csc(SCc3ccccc3F)n2)cc1. The Labute approximate surface area is 176 Å². The maximum Gasteiger partial charge on any atom is 0.338 e. The Morgan fingerprint density at radius 2 is 1.93 bits per heavy atom. The lowest BCUT2D eigenvalue weighted by Crippen LogP contribution is -2.14. The molecule has 1 aromatic heterocycles. The van der Waals surface area contributed by atoms with Gasteiger partial charge in [0.05, 0.1) is 24.3 Å². The van der Waals surface area contributed by atoms with Gasteiger partial charge >= 0.3 is 5.97 Å². The number of benzene rings is 2. The number of anilines is 1. The molecule has 0 radical (unpaired) electrons. The average Bonchev–Trinajstić information content (AvgIpc) is 3.15. The highest BCUT2D eigenvalue weighted by atomic mass is 32.2. The first-order valence-corrected chi connectivity index (χ1v) is 10.8. The Morgan fingerprint density at radius 1 is 1.17 bits per heavy atom. The van der Waals surface area contributed by atoms with Crippen LogP contribution in [-0.2, 0) is 21.7 Å². The fourth-order valence-electron chi connectivity index (χ4n) is 2.46. The van der Waals surface area contributed by atoms with Crippen LogP contribution in [0.2, 0.25) is 0 Å². The van der Waals surface area contributed by atoms with Crippen LogP contribution in [0.4, 0.5) is 10.1 Å². The highest BCUT2D eigenvalue weighted by Gasteiger charge is 2.11. The number of hydrogen-bond donors (Lipinski definition) is 1. The van der Waals surface area contributed by atoms with Crippen LogP contribution < -0.4 is 5.32 Å². The van der Waals surface area contributed by atoms with Crippen molar-refractivity contribution < 1.29 is 18.7 Å². The smallest absolute Gasteiger partial charge is 0.338 e. The molecule has 5 nitrogen and oxygen atoms in total. The van der Waals surface area contributed by atoms with Gasteiger partial charge in [-0.3, -0.25) is 4.79 Å². The van der Waals surface area contributed by atoms with E-state index >= 15 is 0 Å². The van der Waals surface area contributed by atoms with Crippen LogP contribution in [0.3, 0.4) is 0 Å². The van der Waals surface area contributed by atoms with E-state index in [-0.39, 0.29) is 18.1 Å². The topological polar surface area (TPSA) is 68.3 Å². The van der Waals surface area contributed by atoms with Crippen molar-refractivity contribution >= 4 is 40.7 Å². The van der Waals surface area contributed by atoms with Crippen LogP contribution in [0.15, 0.2) is 58.3 Å². The predicted octanol–water partition coefficient (Wildman–Crippen LogP) is 4.93. The van der Waals surface area contributed by atoms with E-state index < -0.39 is 5.97 Å². The molecular formula is C21H19FN2O3S2. The van der Waals surface area contributed by atoms with Gasteiger partial charge < -0.3 is 10.1 Å². The minimum Gasteiger partial charge on any atom is -0.462 e. The molecule has 8 heteroatoms. The Morgan fingerprint density at radius 3 is 2.66 bits per heavy atom. The Bertz CT molecular complexity index is 990. The largest absolute Gasteiger partial charge is 0.462 e. The molecule has 0 saturated carbocycles. The molecule has 29 heavy (non-hydrogen) atoms. The molecule has 0 aliphatic heterocycles. The Hall–Kier alpha value is -2.71. The highest BCUT2D eigenvalue weighted by Crippen LogP contribution is 2.27. The van der Waals surface area contributed by atoms with Gasteiger partial charge in [0.15, 0.2) is 0 Å². The quantitative estimate of drug-likeness (QED) is 0.405. The van der Waals surface area contributed by atoms with Crippen molar-refractivity contribution in [2.75, 3.05) is 11.9 Å². The van der Waals surface area contributed by atoms with Gasteiger partial charge in [-0.05, 0) is 42.8 Å². The van der Waals surface area contributed by atoms with Crippen molar-refractivity contribution in [3.8, 4) is 0 Å². The summed E-state index contributed by atoms with van der Waals surface area (Å²) in [5.41, 5.74) is 2.30. The van der Waals surface area contributed by atoms with Gasteiger partial charge in [-0.25, -0.2) is 14.2 Å². The number of halogens is 1. The standard InChI is InChI=1S/C21H19FN2O3S2/c1-2-27-20(26)14-7-9-16(10-8-14)23-19(25)11-17-13-29-21(24-17)28-12-15-5-3-4-6-18(15)22/h3-10,13H,2,11-12H2,1H3,(H,23,25). The summed E-state index contributed by atoms with van der Waals surface area (Å²) >= 11 is 2.87. The molecule has 0 spiro atoms. The number of thioether (sulfide) groups is 1. The maximum atomic E-state index is 13.7. The fraction of sp³-hybridized carbons (Fsp3) is 0.190. The molecule has 0 fully saturated rings. The van der Waals surface area contributed by atoms with Crippen molar-refractivity contribution in [3.05, 3.63) is 76.5 Å². The van der Waals surface area contributed by atoms with E-state index in [1.165, 1.54) is 29.2 Å². The molecule has 0 bridgehead atoms. The van der Waals surface area contributed by atoms with Gasteiger partial charge in [0.25, 0.3) is 0 Å². The van der Waals surface area contributed by atoms with Gasteiger partial charge in [-0.15, -0.1) is 11.3 Å². The number of amides is 1. The maximum absolute atomic E-state index is 13.7. The number of esters is 1. The van der Waals surface area contributed by atoms with Gasteiger partial charge in [0, 0.05) is 16.8 Å². The minimum absolute atomic E-state index is 0.135. The first-order valence-electron chi connectivity index (χ1n) is 8.93. The molecule has 150 valence electrons. The van der Waals surface area contributed by atoms with Crippen molar-refractivity contribution in [1.82, 2.24) is 4.98 Å². The summed E-state index contributed by atoms with van der Waals surface area (Å²) in [6.45, 7) is 2.06. The number of nitrogens with one attached hydrogen (secondary N) is 1. The molecule has 2 aromatic carbocycles. The van der Waals surface area contributed by atoms with E-state index in [2.05, 4.69) is 10.3 Å². The lowest BCUT2D eigenvalue weighted by atomic mass is 10.2. The second-order valence-electron chi connectivity index (χ2n) is 6.01. The van der Waals surface area contributed by atoms with E-state index in [1.54, 1.807) is 49.4 Å². The molecule has 1 heterocycles. The molecule has 0 aliphatic rings. The van der Waals surface area contributed by atoms with Crippen molar-refractivity contribution in [3.63, 3.8) is 0 Å². The van der Waals surface area contributed by atoms with Crippen LogP contribution in [0, 0.1) is 5.82 Å². The average molecular weight is 431 g/mol. The summed E-state index contributed by atoms with van der Waals surface area (Å²) in [4.78, 5) is 28.3. The summed E-state index contributed by atoms with van der Waals surface area (Å²) in [5.74, 6) is -0.346. The van der Waals surface area contributed by atoms with Crippen LogP contribution in [0.5, 0.6) is 0 Å². The number of carbonyl (C=O) groups is 2. The third kappa shape index (κ3) is 6.13. The Kier molecular flexibility index (Phi) is 7.37. The van der Waals surface area contributed by atoms with E-state index in [1.807, 2.05) is 5.38 Å². The van der Waals surface area contributed by atoms with Gasteiger partial charge in [0.1, 0.15) is 10.2 Å². The lowest BCUT2D eigenvalue weighted by molar-refractivity contribution is -0.115. The van der Waals surface area contributed by atoms with Crippen molar-refractivity contribution in [2.45, 2.75) is 23.4 Å². The normalized spacial score (nSPS) is 10.6. The summed E-state index contributed by atoms with van der Waals surface area (Å²) < 4.78 is 19.4. The number of carbonyl (C=O) groups excluding carboxylic acids is 2. The predicted molar refractivity (Wildman–Crippen MR) is 113 cm³/mol. The van der Waals surface area contributed by atoms with E-state index in [9.17, 15) is 14.0 Å². The van der Waals surface area contributed by atoms with Crippen molar-refractivity contribution in [2.24, 2.45) is 0 Å². The first kappa shape index (κ1) is 21.0. The molecule has 1 N–H and O–H groups in total. The third-order valence-electron chi connectivity index (χ3n) is 3.86. The summed E-state index contributed by atoms with van der Waals surface area (Å²) in [6.07, 6.45) is 0.135. The number of aromatic nitrogens is 1. The Balaban J connectivity index is 1.51. The van der Waals surface area contributed by atoms with Crippen LogP contribution in [0.25, 0.3) is 0 Å². The lowest BCUT2D eigenvalue weighted by Gasteiger charge is -2.06. The number of hydrogen-bond acceptors (Lipinski definition) is 6. The van der Waals surface area contributed by atoms with Crippen LogP contribution in [0.1, 0.15) is 28.5 Å². The van der Waals surface area contributed by atoms with E-state index in [0.29, 0.717) is 34.9 Å². The number of rotatable bonds is 8. The zero-order chi connectivity index (χ0) is 20.6. The summed E-state index contributed by atoms with van der Waals surface area (Å²) in [5, 5.41) is 4.61. The second kappa shape index (κ2) is 10.2. The first-order chi connectivity index (χ1) is 14.0. The van der Waals surface area contributed by atoms with E-state index in [0.717, 1.165) is 4.34 Å². The van der Waals surface area contributed by atoms with Gasteiger partial charge in [0.2, 0.25) is 5.91 Å². The second-order valence-corrected chi connectivity index (χ2v) is 8.09. The molecule has 3 aromatic rings. The van der Waals surface area contributed by atoms with Gasteiger partial charge in [-0.2, -0.15) is 0 Å². The highest BCUT2D eigenvalue weighted by molar-refractivity contribution is 8.00. The molecule has 1 amide bonds. The minimum atomic E-state index is -0.395. The number of nitrogens with zero attached hydrogens (tertiary/aromatic N) is 1. The van der Waals surface area contributed by atoms with Crippen molar-refractivity contribution in [1.29, 1.82) is 0 Å². The molecule has 3 rings (SSSR count). The molecule has 0 aliphatic carbocycles. The zero-order valence-corrected chi connectivity index (χ0v) is 17.3. The molecular weight excluding hydrogens is 411 g/mol. The van der Waals surface area contributed by atoms with E-state index in [4.69, 9.17) is 4.74 Å². The third-order valence-corrected chi connectivity index (χ3v) is 5.98. The summed E-state index contributed by atoms with van der Waals surface area (Å²) in [7, 11) is 0. The fourth-order valence-corrected chi connectivity index (χ4v) is 4.30. The van der Waals surface area contributed by atoms with Crippen LogP contribution in [-0.4, -0.2) is 23.5 Å². The zero-order valence-electron chi connectivity index (χ0n) is 15.7. The number of ether oxygens (including phenoxy) is 1. The number of thiazole rings is 1. The van der Waals surface area contributed by atoms with Crippen LogP contribution >= 0.6 is 23.1 Å². The molecule has 0 saturated heterocycles.